The molecule has 0 spiro atoms. The molecule has 4 heteroatoms. The minimum Gasteiger partial charge on any atom is -0.351 e. The lowest BCUT2D eigenvalue weighted by molar-refractivity contribution is 0.0952. The predicted molar refractivity (Wildman–Crippen MR) is 77.0 cm³/mol. The van der Waals surface area contributed by atoms with Crippen molar-refractivity contribution in [1.82, 2.24) is 5.32 Å². The highest BCUT2D eigenvalue weighted by atomic mass is 32.2. The maximum atomic E-state index is 12.2. The van der Waals surface area contributed by atoms with Crippen molar-refractivity contribution in [1.29, 1.82) is 0 Å². The molecule has 0 bridgehead atoms. The zero-order valence-electron chi connectivity index (χ0n) is 10.7. The molecule has 0 aromatic heterocycles. The van der Waals surface area contributed by atoms with E-state index in [2.05, 4.69) is 11.6 Å². The van der Waals surface area contributed by atoms with Gasteiger partial charge >= 0.3 is 0 Å². The number of rotatable bonds is 6. The molecule has 1 aromatic carbocycles. The van der Waals surface area contributed by atoms with E-state index in [1.165, 1.54) is 12.8 Å². The third kappa shape index (κ3) is 3.06. The van der Waals surface area contributed by atoms with Crippen molar-refractivity contribution in [3.05, 3.63) is 35.4 Å². The van der Waals surface area contributed by atoms with Crippen molar-refractivity contribution in [2.45, 2.75) is 24.0 Å². The minimum absolute atomic E-state index is 0.0272. The second-order valence-corrected chi connectivity index (χ2v) is 6.04. The molecule has 3 N–H and O–H groups in total. The molecular weight excluding hydrogens is 244 g/mol. The molecule has 1 saturated carbocycles. The van der Waals surface area contributed by atoms with Crippen molar-refractivity contribution in [3.8, 4) is 0 Å². The van der Waals surface area contributed by atoms with Gasteiger partial charge in [-0.25, -0.2) is 0 Å². The Morgan fingerprint density at radius 3 is 2.78 bits per heavy atom. The van der Waals surface area contributed by atoms with E-state index >= 15 is 0 Å². The van der Waals surface area contributed by atoms with Crippen LogP contribution in [0, 0.1) is 0 Å². The molecular formula is C14H20N2OS. The Labute approximate surface area is 113 Å². The van der Waals surface area contributed by atoms with Crippen molar-refractivity contribution in [2.24, 2.45) is 5.73 Å². The second kappa shape index (κ2) is 5.76. The SMILES string of the molecule is CSC1(CNC(=O)c2ccccc2CCN)CC1. The Morgan fingerprint density at radius 1 is 1.44 bits per heavy atom. The molecule has 1 aliphatic rings. The Morgan fingerprint density at radius 2 is 2.17 bits per heavy atom. The van der Waals surface area contributed by atoms with E-state index in [1.807, 2.05) is 36.0 Å². The van der Waals surface area contributed by atoms with Gasteiger partial charge in [0.1, 0.15) is 0 Å². The summed E-state index contributed by atoms with van der Waals surface area (Å²) in [5.41, 5.74) is 7.37. The largest absolute Gasteiger partial charge is 0.351 e. The summed E-state index contributed by atoms with van der Waals surface area (Å²) in [5.74, 6) is 0.0272. The molecule has 1 fully saturated rings. The summed E-state index contributed by atoms with van der Waals surface area (Å²) < 4.78 is 0.304. The lowest BCUT2D eigenvalue weighted by Gasteiger charge is -2.14. The molecule has 1 aromatic rings. The average Bonchev–Trinajstić information content (AvgIpc) is 3.18. The highest BCUT2D eigenvalue weighted by molar-refractivity contribution is 8.00. The zero-order valence-corrected chi connectivity index (χ0v) is 11.6. The van der Waals surface area contributed by atoms with Crippen LogP contribution in [-0.2, 0) is 6.42 Å². The van der Waals surface area contributed by atoms with Crippen molar-refractivity contribution in [2.75, 3.05) is 19.3 Å². The van der Waals surface area contributed by atoms with Crippen LogP contribution in [0.5, 0.6) is 0 Å². The molecule has 1 aliphatic carbocycles. The minimum atomic E-state index is 0.0272. The van der Waals surface area contributed by atoms with Gasteiger partial charge in [0.15, 0.2) is 0 Å². The third-order valence-electron chi connectivity index (χ3n) is 3.49. The summed E-state index contributed by atoms with van der Waals surface area (Å²) in [6.45, 7) is 1.34. The summed E-state index contributed by atoms with van der Waals surface area (Å²) in [6, 6.07) is 7.70. The van der Waals surface area contributed by atoms with Gasteiger partial charge in [-0.05, 0) is 43.7 Å². The Hall–Kier alpha value is -1.00. The normalized spacial score (nSPS) is 16.3. The van der Waals surface area contributed by atoms with Gasteiger partial charge in [-0.15, -0.1) is 0 Å². The molecule has 98 valence electrons. The van der Waals surface area contributed by atoms with E-state index in [4.69, 9.17) is 5.73 Å². The van der Waals surface area contributed by atoms with Crippen LogP contribution < -0.4 is 11.1 Å². The van der Waals surface area contributed by atoms with Crippen molar-refractivity contribution >= 4 is 17.7 Å². The molecule has 3 nitrogen and oxygen atoms in total. The number of nitrogens with two attached hydrogens (primary N) is 1. The quantitative estimate of drug-likeness (QED) is 0.824. The van der Waals surface area contributed by atoms with Gasteiger partial charge in [0.05, 0.1) is 0 Å². The molecule has 18 heavy (non-hydrogen) atoms. The Balaban J connectivity index is 2.00. The van der Waals surface area contributed by atoms with Crippen LogP contribution in [-0.4, -0.2) is 30.0 Å². The van der Waals surface area contributed by atoms with E-state index < -0.39 is 0 Å². The first kappa shape index (κ1) is 13.4. The summed E-state index contributed by atoms with van der Waals surface area (Å²) in [4.78, 5) is 12.2. The second-order valence-electron chi connectivity index (χ2n) is 4.77. The zero-order chi connectivity index (χ0) is 13.0. The van der Waals surface area contributed by atoms with Crippen molar-refractivity contribution in [3.63, 3.8) is 0 Å². The molecule has 0 unspecified atom stereocenters. The van der Waals surface area contributed by atoms with Gasteiger partial charge in [0, 0.05) is 16.9 Å². The fourth-order valence-corrected chi connectivity index (χ4v) is 2.77. The first-order valence-corrected chi connectivity index (χ1v) is 7.54. The van der Waals surface area contributed by atoms with Gasteiger partial charge in [-0.2, -0.15) is 11.8 Å². The van der Waals surface area contributed by atoms with E-state index in [0.29, 0.717) is 11.3 Å². The molecule has 0 radical (unpaired) electrons. The number of hydrogen-bond acceptors (Lipinski definition) is 3. The average molecular weight is 264 g/mol. The number of carbonyl (C=O) groups is 1. The summed E-state index contributed by atoms with van der Waals surface area (Å²) >= 11 is 1.86. The Bertz CT molecular complexity index is 430. The van der Waals surface area contributed by atoms with Crippen LogP contribution in [0.3, 0.4) is 0 Å². The van der Waals surface area contributed by atoms with Gasteiger partial charge < -0.3 is 11.1 Å². The van der Waals surface area contributed by atoms with Gasteiger partial charge in [-0.3, -0.25) is 4.79 Å². The standard InChI is InChI=1S/C14H20N2OS/c1-18-14(7-8-14)10-16-13(17)12-5-3-2-4-11(12)6-9-15/h2-5H,6-10,15H2,1H3,(H,16,17). The maximum Gasteiger partial charge on any atom is 0.251 e. The molecule has 0 aliphatic heterocycles. The number of thioether (sulfide) groups is 1. The van der Waals surface area contributed by atoms with E-state index in [9.17, 15) is 4.79 Å². The highest BCUT2D eigenvalue weighted by Gasteiger charge is 2.41. The number of hydrogen-bond donors (Lipinski definition) is 2. The number of nitrogens with one attached hydrogen (secondary N) is 1. The van der Waals surface area contributed by atoms with Gasteiger partial charge in [0.25, 0.3) is 5.91 Å². The fraction of sp³-hybridized carbons (Fsp3) is 0.500. The molecule has 2 rings (SSSR count). The van der Waals surface area contributed by atoms with Crippen LogP contribution in [0.1, 0.15) is 28.8 Å². The molecule has 0 saturated heterocycles. The fourth-order valence-electron chi connectivity index (χ4n) is 2.04. The molecule has 0 heterocycles. The van der Waals surface area contributed by atoms with E-state index in [1.54, 1.807) is 0 Å². The smallest absolute Gasteiger partial charge is 0.251 e. The summed E-state index contributed by atoms with van der Waals surface area (Å²) in [5, 5.41) is 3.05. The molecule has 0 atom stereocenters. The maximum absolute atomic E-state index is 12.2. The van der Waals surface area contributed by atoms with Crippen LogP contribution in [0.25, 0.3) is 0 Å². The molecule has 1 amide bonds. The Kier molecular flexibility index (Phi) is 4.30. The van der Waals surface area contributed by atoms with Crippen molar-refractivity contribution < 1.29 is 4.79 Å². The van der Waals surface area contributed by atoms with Crippen LogP contribution in [0.2, 0.25) is 0 Å². The third-order valence-corrected chi connectivity index (χ3v) is 4.91. The highest BCUT2D eigenvalue weighted by Crippen LogP contribution is 2.46. The summed E-state index contributed by atoms with van der Waals surface area (Å²) in [7, 11) is 0. The topological polar surface area (TPSA) is 55.1 Å². The van der Waals surface area contributed by atoms with Crippen LogP contribution >= 0.6 is 11.8 Å². The predicted octanol–water partition coefficient (Wildman–Crippen LogP) is 1.81. The van der Waals surface area contributed by atoms with Crippen LogP contribution in [0.15, 0.2) is 24.3 Å². The number of carbonyl (C=O) groups excluding carboxylic acids is 1. The van der Waals surface area contributed by atoms with E-state index in [-0.39, 0.29) is 5.91 Å². The lowest BCUT2D eigenvalue weighted by atomic mass is 10.0. The van der Waals surface area contributed by atoms with Gasteiger partial charge in [0.2, 0.25) is 0 Å². The summed E-state index contributed by atoms with van der Waals surface area (Å²) in [6.07, 6.45) is 5.27. The first-order valence-electron chi connectivity index (χ1n) is 6.32. The van der Waals surface area contributed by atoms with Crippen LogP contribution in [0.4, 0.5) is 0 Å². The lowest BCUT2D eigenvalue weighted by Crippen LogP contribution is -2.32. The number of amides is 1. The monoisotopic (exact) mass is 264 g/mol. The number of benzene rings is 1. The van der Waals surface area contributed by atoms with Gasteiger partial charge in [-0.1, -0.05) is 18.2 Å². The van der Waals surface area contributed by atoms with E-state index in [0.717, 1.165) is 24.1 Å². The first-order chi connectivity index (χ1) is 8.71.